The molecule has 0 atom stereocenters. The molecule has 0 spiro atoms. The van der Waals surface area contributed by atoms with Gasteiger partial charge in [-0.15, -0.1) is 0 Å². The second-order valence-electron chi connectivity index (χ2n) is 9.30. The zero-order valence-corrected chi connectivity index (χ0v) is 18.2. The van der Waals surface area contributed by atoms with Gasteiger partial charge in [0.25, 0.3) is 0 Å². The quantitative estimate of drug-likeness (QED) is 0.826. The van der Waals surface area contributed by atoms with Crippen LogP contribution in [0.4, 0.5) is 0 Å². The van der Waals surface area contributed by atoms with Gasteiger partial charge >= 0.3 is 0 Å². The molecule has 0 unspecified atom stereocenters. The van der Waals surface area contributed by atoms with Crippen LogP contribution >= 0.6 is 0 Å². The minimum absolute atomic E-state index is 0.00761. The zero-order valence-electron chi connectivity index (χ0n) is 17.4. The minimum Gasteiger partial charge on any atom is -0.353 e. The van der Waals surface area contributed by atoms with Crippen LogP contribution in [0.15, 0.2) is 29.2 Å². The van der Waals surface area contributed by atoms with Gasteiger partial charge < -0.3 is 5.32 Å². The Bertz CT molecular complexity index is 767. The van der Waals surface area contributed by atoms with Crippen molar-refractivity contribution in [2.75, 3.05) is 13.1 Å². The fraction of sp³-hybridized carbons (Fsp3) is 0.682. The lowest BCUT2D eigenvalue weighted by atomic mass is 9.87. The summed E-state index contributed by atoms with van der Waals surface area (Å²) < 4.78 is 27.5. The summed E-state index contributed by atoms with van der Waals surface area (Å²) in [6.07, 6.45) is 6.98. The Balaban J connectivity index is 1.58. The van der Waals surface area contributed by atoms with Crippen LogP contribution in [0, 0.1) is 5.92 Å². The van der Waals surface area contributed by atoms with Gasteiger partial charge in [0.05, 0.1) is 4.90 Å². The monoisotopic (exact) mass is 406 g/mol. The van der Waals surface area contributed by atoms with E-state index in [2.05, 4.69) is 26.1 Å². The molecular formula is C22H34N2O3S. The molecule has 1 aromatic rings. The van der Waals surface area contributed by atoms with Crippen LogP contribution in [0.2, 0.25) is 0 Å². The van der Waals surface area contributed by atoms with Gasteiger partial charge in [0.1, 0.15) is 0 Å². The van der Waals surface area contributed by atoms with E-state index in [1.165, 1.54) is 23.6 Å². The predicted molar refractivity (Wildman–Crippen MR) is 112 cm³/mol. The second-order valence-corrected chi connectivity index (χ2v) is 11.2. The van der Waals surface area contributed by atoms with Gasteiger partial charge in [-0.05, 0) is 48.8 Å². The van der Waals surface area contributed by atoms with Crippen molar-refractivity contribution >= 4 is 15.9 Å². The van der Waals surface area contributed by atoms with Crippen molar-refractivity contribution in [2.24, 2.45) is 5.92 Å². The molecule has 1 N–H and O–H groups in total. The van der Waals surface area contributed by atoms with E-state index >= 15 is 0 Å². The van der Waals surface area contributed by atoms with Crippen LogP contribution in [0.5, 0.6) is 0 Å². The molecule has 1 amide bonds. The maximum Gasteiger partial charge on any atom is 0.243 e. The molecule has 0 bridgehead atoms. The maximum absolute atomic E-state index is 13.0. The van der Waals surface area contributed by atoms with Crippen LogP contribution in [0.1, 0.15) is 71.3 Å². The molecule has 28 heavy (non-hydrogen) atoms. The van der Waals surface area contributed by atoms with Gasteiger partial charge in [0.2, 0.25) is 15.9 Å². The average Bonchev–Trinajstić information content (AvgIpc) is 2.68. The fourth-order valence-electron chi connectivity index (χ4n) is 4.20. The molecule has 1 aliphatic carbocycles. The van der Waals surface area contributed by atoms with Gasteiger partial charge in [0, 0.05) is 25.0 Å². The SMILES string of the molecule is CC(C)(C)c1ccc(S(=O)(=O)N2CCC(C(=O)NC3CCCCC3)CC2)cc1. The Morgan fingerprint density at radius 2 is 1.54 bits per heavy atom. The van der Waals surface area contributed by atoms with Gasteiger partial charge in [0.15, 0.2) is 0 Å². The lowest BCUT2D eigenvalue weighted by Gasteiger charge is -2.32. The molecule has 1 saturated heterocycles. The van der Waals surface area contributed by atoms with Gasteiger partial charge in [-0.25, -0.2) is 8.42 Å². The van der Waals surface area contributed by atoms with Crippen LogP contribution in [-0.4, -0.2) is 37.8 Å². The molecule has 6 heteroatoms. The minimum atomic E-state index is -3.50. The number of nitrogens with one attached hydrogen (secondary N) is 1. The summed E-state index contributed by atoms with van der Waals surface area (Å²) in [6, 6.07) is 7.52. The highest BCUT2D eigenvalue weighted by Gasteiger charge is 2.33. The van der Waals surface area contributed by atoms with Crippen molar-refractivity contribution < 1.29 is 13.2 Å². The number of hydrogen-bond donors (Lipinski definition) is 1. The first-order valence-corrected chi connectivity index (χ1v) is 12.0. The first kappa shape index (κ1) is 21.3. The highest BCUT2D eigenvalue weighted by Crippen LogP contribution is 2.27. The molecule has 2 aliphatic rings. The smallest absolute Gasteiger partial charge is 0.243 e. The number of sulfonamides is 1. The topological polar surface area (TPSA) is 66.5 Å². The van der Waals surface area contributed by atoms with Crippen LogP contribution in [0.25, 0.3) is 0 Å². The van der Waals surface area contributed by atoms with Crippen LogP contribution in [0.3, 0.4) is 0 Å². The van der Waals surface area contributed by atoms with Crippen molar-refractivity contribution in [2.45, 2.75) is 82.1 Å². The Labute approximate surface area is 169 Å². The number of benzene rings is 1. The van der Waals surface area contributed by atoms with Crippen LogP contribution in [-0.2, 0) is 20.2 Å². The predicted octanol–water partition coefficient (Wildman–Crippen LogP) is 3.83. The molecule has 156 valence electrons. The third-order valence-corrected chi connectivity index (χ3v) is 8.05. The number of carbonyl (C=O) groups is 1. The van der Waals surface area contributed by atoms with Crippen molar-refractivity contribution in [1.29, 1.82) is 0 Å². The summed E-state index contributed by atoms with van der Waals surface area (Å²) in [7, 11) is -3.50. The molecule has 1 aromatic carbocycles. The zero-order chi connectivity index (χ0) is 20.4. The molecule has 0 aromatic heterocycles. The maximum atomic E-state index is 13.0. The molecule has 3 rings (SSSR count). The standard InChI is InChI=1S/C22H34N2O3S/c1-22(2,3)18-9-11-20(12-10-18)28(26,27)24-15-13-17(14-16-24)21(25)23-19-7-5-4-6-8-19/h9-12,17,19H,4-8,13-16H2,1-3H3,(H,23,25). The number of piperidine rings is 1. The van der Waals surface area contributed by atoms with Gasteiger partial charge in [-0.3, -0.25) is 4.79 Å². The third-order valence-electron chi connectivity index (χ3n) is 6.13. The molecule has 0 radical (unpaired) electrons. The molecule has 2 fully saturated rings. The lowest BCUT2D eigenvalue weighted by Crippen LogP contribution is -2.45. The van der Waals surface area contributed by atoms with Crippen LogP contribution < -0.4 is 5.32 Å². The van der Waals surface area contributed by atoms with Crippen molar-refractivity contribution in [3.63, 3.8) is 0 Å². The first-order chi connectivity index (χ1) is 13.2. The van der Waals surface area contributed by atoms with Gasteiger partial charge in [-0.1, -0.05) is 52.2 Å². The van der Waals surface area contributed by atoms with E-state index in [1.54, 1.807) is 12.1 Å². The van der Waals surface area contributed by atoms with E-state index in [9.17, 15) is 13.2 Å². The number of carbonyl (C=O) groups excluding carboxylic acids is 1. The molecule has 5 nitrogen and oxygen atoms in total. The van der Waals surface area contributed by atoms with Gasteiger partial charge in [-0.2, -0.15) is 4.31 Å². The second kappa shape index (κ2) is 8.54. The Morgan fingerprint density at radius 1 is 0.964 bits per heavy atom. The summed E-state index contributed by atoms with van der Waals surface area (Å²) in [6.45, 7) is 7.15. The highest BCUT2D eigenvalue weighted by atomic mass is 32.2. The summed E-state index contributed by atoms with van der Waals surface area (Å²) >= 11 is 0. The summed E-state index contributed by atoms with van der Waals surface area (Å²) in [4.78, 5) is 12.9. The van der Waals surface area contributed by atoms with E-state index in [0.29, 0.717) is 36.9 Å². The van der Waals surface area contributed by atoms with E-state index < -0.39 is 10.0 Å². The Kier molecular flexibility index (Phi) is 6.50. The number of nitrogens with zero attached hydrogens (tertiary/aromatic N) is 1. The third kappa shape index (κ3) is 4.95. The van der Waals surface area contributed by atoms with Crippen molar-refractivity contribution in [3.8, 4) is 0 Å². The van der Waals surface area contributed by atoms with E-state index in [0.717, 1.165) is 18.4 Å². The normalized spacial score (nSPS) is 20.8. The number of amides is 1. The van der Waals surface area contributed by atoms with E-state index in [1.807, 2.05) is 12.1 Å². The lowest BCUT2D eigenvalue weighted by molar-refractivity contribution is -0.127. The highest BCUT2D eigenvalue weighted by molar-refractivity contribution is 7.89. The van der Waals surface area contributed by atoms with Crippen molar-refractivity contribution in [1.82, 2.24) is 9.62 Å². The molecule has 1 heterocycles. The van der Waals surface area contributed by atoms with E-state index in [4.69, 9.17) is 0 Å². The Morgan fingerprint density at radius 3 is 2.07 bits per heavy atom. The van der Waals surface area contributed by atoms with Crippen molar-refractivity contribution in [3.05, 3.63) is 29.8 Å². The largest absolute Gasteiger partial charge is 0.353 e. The Hall–Kier alpha value is -1.40. The van der Waals surface area contributed by atoms with E-state index in [-0.39, 0.29) is 17.2 Å². The average molecular weight is 407 g/mol. The summed E-state index contributed by atoms with van der Waals surface area (Å²) in [5.41, 5.74) is 1.11. The fourth-order valence-corrected chi connectivity index (χ4v) is 5.67. The number of hydrogen-bond acceptors (Lipinski definition) is 3. The molecule has 1 saturated carbocycles. The molecular weight excluding hydrogens is 372 g/mol. The first-order valence-electron chi connectivity index (χ1n) is 10.6. The summed E-state index contributed by atoms with van der Waals surface area (Å²) in [5.74, 6) is 0.0371. The molecule has 1 aliphatic heterocycles. The summed E-state index contributed by atoms with van der Waals surface area (Å²) in [5, 5.41) is 3.19. The number of rotatable bonds is 4.